The van der Waals surface area contributed by atoms with Crippen LogP contribution >= 0.6 is 0 Å². The third-order valence-corrected chi connectivity index (χ3v) is 3.30. The first-order chi connectivity index (χ1) is 8.33. The zero-order chi connectivity index (χ0) is 11.7. The molecule has 0 spiro atoms. The zero-order valence-electron chi connectivity index (χ0n) is 9.54. The van der Waals surface area contributed by atoms with Crippen molar-refractivity contribution in [2.45, 2.75) is 31.2 Å². The number of nitrogens with zero attached hydrogens (tertiary/aromatic N) is 2. The van der Waals surface area contributed by atoms with Crippen LogP contribution in [-0.4, -0.2) is 16.2 Å². The Hall–Kier alpha value is -1.68. The minimum absolute atomic E-state index is 0.284. The van der Waals surface area contributed by atoms with E-state index in [-0.39, 0.29) is 6.04 Å². The maximum absolute atomic E-state index is 5.89. The third kappa shape index (κ3) is 2.08. The molecule has 2 N–H and O–H groups in total. The van der Waals surface area contributed by atoms with Crippen LogP contribution in [0.4, 0.5) is 0 Å². The fraction of sp³-hybridized carbons (Fsp3) is 0.385. The van der Waals surface area contributed by atoms with Crippen LogP contribution in [0.5, 0.6) is 0 Å². The molecule has 4 heteroatoms. The lowest BCUT2D eigenvalue weighted by Crippen LogP contribution is -2.14. The van der Waals surface area contributed by atoms with Gasteiger partial charge >= 0.3 is 0 Å². The molecule has 2 atom stereocenters. The summed E-state index contributed by atoms with van der Waals surface area (Å²) in [4.78, 5) is 4.46. The highest BCUT2D eigenvalue weighted by Gasteiger charge is 2.27. The summed E-state index contributed by atoms with van der Waals surface area (Å²) in [5, 5.41) is 4.03. The molecule has 0 amide bonds. The van der Waals surface area contributed by atoms with Gasteiger partial charge in [-0.25, -0.2) is 0 Å². The maximum Gasteiger partial charge on any atom is 0.230 e. The first-order valence-corrected chi connectivity index (χ1v) is 5.97. The van der Waals surface area contributed by atoms with Crippen molar-refractivity contribution in [2.24, 2.45) is 5.73 Å². The first-order valence-electron chi connectivity index (χ1n) is 5.97. The van der Waals surface area contributed by atoms with Gasteiger partial charge in [0.05, 0.1) is 0 Å². The van der Waals surface area contributed by atoms with Gasteiger partial charge in [0.15, 0.2) is 0 Å². The Kier molecular flexibility index (Phi) is 2.65. The molecule has 88 valence electrons. The number of hydrogen-bond acceptors (Lipinski definition) is 4. The minimum Gasteiger partial charge on any atom is -0.339 e. The average Bonchev–Trinajstić information content (AvgIpc) is 2.98. The number of nitrogens with two attached hydrogens (primary N) is 1. The summed E-state index contributed by atoms with van der Waals surface area (Å²) in [6.45, 7) is 0. The van der Waals surface area contributed by atoms with Crippen molar-refractivity contribution in [2.75, 3.05) is 0 Å². The van der Waals surface area contributed by atoms with E-state index in [2.05, 4.69) is 10.1 Å². The predicted octanol–water partition coefficient (Wildman–Crippen LogP) is 2.33. The van der Waals surface area contributed by atoms with Gasteiger partial charge in [0.25, 0.3) is 0 Å². The van der Waals surface area contributed by atoms with Crippen molar-refractivity contribution in [3.63, 3.8) is 0 Å². The van der Waals surface area contributed by atoms with Crippen LogP contribution in [0.2, 0.25) is 0 Å². The maximum atomic E-state index is 5.89. The molecule has 1 aliphatic carbocycles. The van der Waals surface area contributed by atoms with Crippen LogP contribution in [0, 0.1) is 0 Å². The third-order valence-electron chi connectivity index (χ3n) is 3.30. The summed E-state index contributed by atoms with van der Waals surface area (Å²) in [7, 11) is 0. The van der Waals surface area contributed by atoms with Crippen molar-refractivity contribution < 1.29 is 4.52 Å². The molecule has 2 unspecified atom stereocenters. The molecule has 0 bridgehead atoms. The second-order valence-electron chi connectivity index (χ2n) is 4.59. The molecular formula is C13H15N3O. The van der Waals surface area contributed by atoms with Crippen molar-refractivity contribution in [3.05, 3.63) is 36.2 Å². The topological polar surface area (TPSA) is 64.9 Å². The summed E-state index contributed by atoms with van der Waals surface area (Å²) in [6.07, 6.45) is 3.06. The minimum atomic E-state index is 0.284. The molecule has 1 saturated carbocycles. The smallest absolute Gasteiger partial charge is 0.230 e. The van der Waals surface area contributed by atoms with Crippen LogP contribution in [0.15, 0.2) is 34.9 Å². The summed E-state index contributed by atoms with van der Waals surface area (Å²) < 4.78 is 5.33. The molecule has 1 fully saturated rings. The lowest BCUT2D eigenvalue weighted by atomic mass is 10.1. The van der Waals surface area contributed by atoms with Gasteiger partial charge in [-0.15, -0.1) is 0 Å². The Bertz CT molecular complexity index is 494. The van der Waals surface area contributed by atoms with Gasteiger partial charge in [0.1, 0.15) is 0 Å². The van der Waals surface area contributed by atoms with E-state index < -0.39 is 0 Å². The van der Waals surface area contributed by atoms with Gasteiger partial charge < -0.3 is 10.3 Å². The fourth-order valence-electron chi connectivity index (χ4n) is 2.35. The highest BCUT2D eigenvalue weighted by molar-refractivity contribution is 5.53. The van der Waals surface area contributed by atoms with Gasteiger partial charge in [-0.1, -0.05) is 35.5 Å². The molecule has 1 aromatic carbocycles. The lowest BCUT2D eigenvalue weighted by molar-refractivity contribution is 0.353. The molecule has 2 aromatic rings. The largest absolute Gasteiger partial charge is 0.339 e. The SMILES string of the molecule is NC1CCC(c2nc(-c3ccccc3)no2)C1. The van der Waals surface area contributed by atoms with Crippen molar-refractivity contribution in [1.29, 1.82) is 0 Å². The summed E-state index contributed by atoms with van der Waals surface area (Å²) in [5.74, 6) is 1.74. The number of aromatic nitrogens is 2. The zero-order valence-corrected chi connectivity index (χ0v) is 9.54. The molecule has 1 heterocycles. The highest BCUT2D eigenvalue weighted by atomic mass is 16.5. The predicted molar refractivity (Wildman–Crippen MR) is 64.3 cm³/mol. The Morgan fingerprint density at radius 1 is 1.18 bits per heavy atom. The summed E-state index contributed by atoms with van der Waals surface area (Å²) in [5.41, 5.74) is 6.88. The number of hydrogen-bond donors (Lipinski definition) is 1. The summed E-state index contributed by atoms with van der Waals surface area (Å²) in [6, 6.07) is 10.2. The second-order valence-corrected chi connectivity index (χ2v) is 4.59. The van der Waals surface area contributed by atoms with Gasteiger partial charge in [-0.05, 0) is 19.3 Å². The van der Waals surface area contributed by atoms with E-state index >= 15 is 0 Å². The molecule has 1 aliphatic rings. The van der Waals surface area contributed by atoms with Crippen LogP contribution in [-0.2, 0) is 0 Å². The quantitative estimate of drug-likeness (QED) is 0.858. The van der Waals surface area contributed by atoms with Gasteiger partial charge in [0.2, 0.25) is 11.7 Å². The van der Waals surface area contributed by atoms with Gasteiger partial charge in [-0.3, -0.25) is 0 Å². The average molecular weight is 229 g/mol. The Labute approximate surface area is 99.8 Å². The van der Waals surface area contributed by atoms with E-state index in [1.807, 2.05) is 30.3 Å². The molecule has 0 radical (unpaired) electrons. The van der Waals surface area contributed by atoms with Crippen LogP contribution in [0.1, 0.15) is 31.1 Å². The molecular weight excluding hydrogens is 214 g/mol. The second kappa shape index (κ2) is 4.30. The Morgan fingerprint density at radius 2 is 2.00 bits per heavy atom. The Balaban J connectivity index is 1.84. The van der Waals surface area contributed by atoms with Crippen molar-refractivity contribution in [1.82, 2.24) is 10.1 Å². The number of benzene rings is 1. The van der Waals surface area contributed by atoms with E-state index in [4.69, 9.17) is 10.3 Å². The van der Waals surface area contributed by atoms with Crippen LogP contribution in [0.3, 0.4) is 0 Å². The number of rotatable bonds is 2. The first kappa shape index (κ1) is 10.5. The molecule has 1 aromatic heterocycles. The van der Waals surface area contributed by atoms with Crippen LogP contribution in [0.25, 0.3) is 11.4 Å². The molecule has 4 nitrogen and oxygen atoms in total. The molecule has 17 heavy (non-hydrogen) atoms. The highest BCUT2D eigenvalue weighted by Crippen LogP contribution is 2.33. The van der Waals surface area contributed by atoms with E-state index in [1.54, 1.807) is 0 Å². The molecule has 3 rings (SSSR count). The molecule has 0 aliphatic heterocycles. The normalized spacial score (nSPS) is 24.1. The van der Waals surface area contributed by atoms with Crippen LogP contribution < -0.4 is 5.73 Å². The standard InChI is InChI=1S/C13H15N3O/c14-11-7-6-10(8-11)13-15-12(16-17-13)9-4-2-1-3-5-9/h1-5,10-11H,6-8,14H2. The monoisotopic (exact) mass is 229 g/mol. The van der Waals surface area contributed by atoms with Crippen molar-refractivity contribution in [3.8, 4) is 11.4 Å². The lowest BCUT2D eigenvalue weighted by Gasteiger charge is -2.01. The van der Waals surface area contributed by atoms with E-state index in [9.17, 15) is 0 Å². The molecule has 0 saturated heterocycles. The van der Waals surface area contributed by atoms with Crippen molar-refractivity contribution >= 4 is 0 Å². The summed E-state index contributed by atoms with van der Waals surface area (Å²) >= 11 is 0. The van der Waals surface area contributed by atoms with Gasteiger partial charge in [-0.2, -0.15) is 4.98 Å². The van der Waals surface area contributed by atoms with E-state index in [0.717, 1.165) is 30.7 Å². The van der Waals surface area contributed by atoms with E-state index in [1.165, 1.54) is 0 Å². The fourth-order valence-corrected chi connectivity index (χ4v) is 2.35. The van der Waals surface area contributed by atoms with E-state index in [0.29, 0.717) is 11.7 Å². The Morgan fingerprint density at radius 3 is 2.71 bits per heavy atom. The van der Waals surface area contributed by atoms with Gasteiger partial charge in [0, 0.05) is 17.5 Å².